The van der Waals surface area contributed by atoms with E-state index in [1.807, 2.05) is 43.3 Å². The van der Waals surface area contributed by atoms with Crippen LogP contribution in [0.5, 0.6) is 0 Å². The summed E-state index contributed by atoms with van der Waals surface area (Å²) in [6, 6.07) is 14.9. The number of amides is 1. The van der Waals surface area contributed by atoms with Gasteiger partial charge in [-0.15, -0.1) is 0 Å². The highest BCUT2D eigenvalue weighted by Crippen LogP contribution is 2.24. The molecule has 7 nitrogen and oxygen atoms in total. The summed E-state index contributed by atoms with van der Waals surface area (Å²) in [7, 11) is 0. The maximum absolute atomic E-state index is 13.0. The zero-order valence-electron chi connectivity index (χ0n) is 16.3. The van der Waals surface area contributed by atoms with Crippen LogP contribution in [-0.2, 0) is 17.9 Å². The van der Waals surface area contributed by atoms with Crippen LogP contribution in [0.4, 0.5) is 0 Å². The van der Waals surface area contributed by atoms with Crippen molar-refractivity contribution in [3.8, 4) is 11.3 Å². The van der Waals surface area contributed by atoms with E-state index in [1.165, 1.54) is 10.9 Å². The van der Waals surface area contributed by atoms with Gasteiger partial charge in [-0.25, -0.2) is 4.98 Å². The van der Waals surface area contributed by atoms with Gasteiger partial charge in [0.1, 0.15) is 17.4 Å². The number of aryl methyl sites for hydroxylation is 2. The Morgan fingerprint density at radius 3 is 2.60 bits per heavy atom. The molecule has 152 valence electrons. The van der Waals surface area contributed by atoms with Crippen molar-refractivity contribution < 1.29 is 9.32 Å². The van der Waals surface area contributed by atoms with Gasteiger partial charge in [0.2, 0.25) is 5.91 Å². The second-order valence-corrected chi connectivity index (χ2v) is 7.41. The molecule has 2 heterocycles. The maximum Gasteiger partial charge on any atom is 0.266 e. The Balaban J connectivity index is 1.48. The van der Waals surface area contributed by atoms with E-state index in [2.05, 4.69) is 15.5 Å². The minimum Gasteiger partial charge on any atom is -0.352 e. The normalized spacial score (nSPS) is 11.0. The molecule has 2 aromatic heterocycles. The molecule has 0 aliphatic heterocycles. The Bertz CT molecular complexity index is 1240. The molecule has 0 saturated heterocycles. The summed E-state index contributed by atoms with van der Waals surface area (Å²) in [5, 5.41) is 7.81. The summed E-state index contributed by atoms with van der Waals surface area (Å²) in [5.74, 6) is -0.166. The molecule has 0 saturated carbocycles. The van der Waals surface area contributed by atoms with Gasteiger partial charge in [-0.2, -0.15) is 0 Å². The predicted octanol–water partition coefficient (Wildman–Crippen LogP) is 3.72. The average molecular weight is 423 g/mol. The van der Waals surface area contributed by atoms with E-state index in [-0.39, 0.29) is 30.1 Å². The molecule has 1 amide bonds. The molecular weight excluding hydrogens is 404 g/mol. The van der Waals surface area contributed by atoms with E-state index >= 15 is 0 Å². The standard InChI is InChI=1S/C22H19ClN4O3/c1-14-2-6-16(7-3-14)20-19-21(30-26-20)25-13-27(22(19)29)11-10-18(28)24-12-15-4-8-17(23)9-5-15/h2-9,13H,10-12H2,1H3,(H,24,28). The van der Waals surface area contributed by atoms with Crippen molar-refractivity contribution in [2.75, 3.05) is 0 Å². The minimum atomic E-state index is -0.290. The van der Waals surface area contributed by atoms with Crippen molar-refractivity contribution in [3.05, 3.63) is 81.4 Å². The largest absolute Gasteiger partial charge is 0.352 e. The fourth-order valence-corrected chi connectivity index (χ4v) is 3.19. The molecule has 0 aliphatic rings. The first kappa shape index (κ1) is 19.8. The van der Waals surface area contributed by atoms with Crippen LogP contribution in [-0.4, -0.2) is 20.6 Å². The number of carbonyl (C=O) groups excluding carboxylic acids is 1. The molecule has 0 aliphatic carbocycles. The monoisotopic (exact) mass is 422 g/mol. The Labute approximate surface area is 177 Å². The summed E-state index contributed by atoms with van der Waals surface area (Å²) in [6.45, 7) is 2.58. The number of rotatable bonds is 6. The number of hydrogen-bond acceptors (Lipinski definition) is 5. The molecule has 0 atom stereocenters. The molecule has 1 N–H and O–H groups in total. The van der Waals surface area contributed by atoms with Crippen molar-refractivity contribution in [2.45, 2.75) is 26.4 Å². The third-order valence-corrected chi connectivity index (χ3v) is 5.02. The Morgan fingerprint density at radius 2 is 1.87 bits per heavy atom. The predicted molar refractivity (Wildman–Crippen MR) is 114 cm³/mol. The summed E-state index contributed by atoms with van der Waals surface area (Å²) in [5.41, 5.74) is 3.16. The van der Waals surface area contributed by atoms with Crippen molar-refractivity contribution in [1.29, 1.82) is 0 Å². The van der Waals surface area contributed by atoms with Crippen LogP contribution < -0.4 is 10.9 Å². The number of benzene rings is 2. The van der Waals surface area contributed by atoms with Crippen molar-refractivity contribution in [3.63, 3.8) is 0 Å². The van der Waals surface area contributed by atoms with E-state index in [0.717, 1.165) is 16.7 Å². The smallest absolute Gasteiger partial charge is 0.266 e. The van der Waals surface area contributed by atoms with Crippen molar-refractivity contribution in [2.24, 2.45) is 0 Å². The zero-order valence-corrected chi connectivity index (χ0v) is 17.0. The number of carbonyl (C=O) groups is 1. The van der Waals surface area contributed by atoms with Crippen LogP contribution in [0.3, 0.4) is 0 Å². The minimum absolute atomic E-state index is 0.145. The van der Waals surface area contributed by atoms with E-state index in [0.29, 0.717) is 22.6 Å². The molecule has 8 heteroatoms. The van der Waals surface area contributed by atoms with Crippen molar-refractivity contribution in [1.82, 2.24) is 20.0 Å². The first-order valence-electron chi connectivity index (χ1n) is 9.44. The Kier molecular flexibility index (Phi) is 5.63. The molecule has 2 aromatic carbocycles. The number of fused-ring (bicyclic) bond motifs is 1. The number of nitrogens with zero attached hydrogens (tertiary/aromatic N) is 3. The van der Waals surface area contributed by atoms with Crippen molar-refractivity contribution >= 4 is 28.6 Å². The number of hydrogen-bond donors (Lipinski definition) is 1. The highest BCUT2D eigenvalue weighted by molar-refractivity contribution is 6.30. The molecule has 0 spiro atoms. The van der Waals surface area contributed by atoms with Gasteiger partial charge in [-0.05, 0) is 24.6 Å². The molecule has 0 radical (unpaired) electrons. The van der Waals surface area contributed by atoms with Gasteiger partial charge in [-0.3, -0.25) is 14.2 Å². The van der Waals surface area contributed by atoms with E-state index in [4.69, 9.17) is 16.1 Å². The first-order chi connectivity index (χ1) is 14.5. The van der Waals surface area contributed by atoms with Gasteiger partial charge in [-0.1, -0.05) is 58.7 Å². The van der Waals surface area contributed by atoms with Gasteiger partial charge in [0.15, 0.2) is 0 Å². The summed E-state index contributed by atoms with van der Waals surface area (Å²) < 4.78 is 6.63. The number of nitrogens with one attached hydrogen (secondary N) is 1. The molecule has 30 heavy (non-hydrogen) atoms. The number of halogens is 1. The van der Waals surface area contributed by atoms with Crippen LogP contribution in [0.2, 0.25) is 5.02 Å². The van der Waals surface area contributed by atoms with Crippen LogP contribution in [0.1, 0.15) is 17.5 Å². The van der Waals surface area contributed by atoms with Gasteiger partial charge >= 0.3 is 0 Å². The quantitative estimate of drug-likeness (QED) is 0.511. The lowest BCUT2D eigenvalue weighted by Crippen LogP contribution is -2.27. The number of aromatic nitrogens is 3. The van der Waals surface area contributed by atoms with Gasteiger partial charge < -0.3 is 9.84 Å². The second kappa shape index (κ2) is 8.51. The lowest BCUT2D eigenvalue weighted by atomic mass is 10.1. The summed E-state index contributed by atoms with van der Waals surface area (Å²) in [6.07, 6.45) is 1.52. The highest BCUT2D eigenvalue weighted by atomic mass is 35.5. The lowest BCUT2D eigenvalue weighted by Gasteiger charge is -2.07. The summed E-state index contributed by atoms with van der Waals surface area (Å²) in [4.78, 5) is 29.3. The summed E-state index contributed by atoms with van der Waals surface area (Å²) >= 11 is 5.86. The fourth-order valence-electron chi connectivity index (χ4n) is 3.06. The topological polar surface area (TPSA) is 90.0 Å². The molecular formula is C22H19ClN4O3. The van der Waals surface area contributed by atoms with Crippen LogP contribution >= 0.6 is 11.6 Å². The fraction of sp³-hybridized carbons (Fsp3) is 0.182. The second-order valence-electron chi connectivity index (χ2n) is 6.97. The van der Waals surface area contributed by atoms with E-state index in [1.54, 1.807) is 12.1 Å². The van der Waals surface area contributed by atoms with Crippen LogP contribution in [0, 0.1) is 6.92 Å². The van der Waals surface area contributed by atoms with Gasteiger partial charge in [0.05, 0.1) is 0 Å². The Hall–Kier alpha value is -3.45. The molecule has 4 aromatic rings. The van der Waals surface area contributed by atoms with Crippen LogP contribution in [0.25, 0.3) is 22.4 Å². The lowest BCUT2D eigenvalue weighted by molar-refractivity contribution is -0.121. The highest BCUT2D eigenvalue weighted by Gasteiger charge is 2.17. The van der Waals surface area contributed by atoms with Crippen LogP contribution in [0.15, 0.2) is 64.2 Å². The Morgan fingerprint density at radius 1 is 1.13 bits per heavy atom. The maximum atomic E-state index is 13.0. The molecule has 4 rings (SSSR count). The third-order valence-electron chi connectivity index (χ3n) is 4.77. The molecule has 0 unspecified atom stereocenters. The third kappa shape index (κ3) is 4.26. The van der Waals surface area contributed by atoms with E-state index in [9.17, 15) is 9.59 Å². The zero-order chi connectivity index (χ0) is 21.1. The average Bonchev–Trinajstić information content (AvgIpc) is 3.18. The molecule has 0 bridgehead atoms. The first-order valence-corrected chi connectivity index (χ1v) is 9.82. The van der Waals surface area contributed by atoms with Gasteiger partial charge in [0.25, 0.3) is 11.3 Å². The molecule has 0 fully saturated rings. The van der Waals surface area contributed by atoms with Gasteiger partial charge in [0, 0.05) is 30.1 Å². The SMILES string of the molecule is Cc1ccc(-c2noc3ncn(CCC(=O)NCc4ccc(Cl)cc4)c(=O)c23)cc1. The van der Waals surface area contributed by atoms with E-state index < -0.39 is 0 Å².